The summed E-state index contributed by atoms with van der Waals surface area (Å²) in [6.45, 7) is 2.24. The zero-order valence-electron chi connectivity index (χ0n) is 16.3. The summed E-state index contributed by atoms with van der Waals surface area (Å²) in [7, 11) is 0. The summed E-state index contributed by atoms with van der Waals surface area (Å²) in [6.07, 6.45) is 3.49. The van der Waals surface area contributed by atoms with Gasteiger partial charge in [-0.15, -0.1) is 0 Å². The van der Waals surface area contributed by atoms with E-state index < -0.39 is 0 Å². The number of anilines is 2. The van der Waals surface area contributed by atoms with Crippen LogP contribution in [0.15, 0.2) is 83.6 Å². The average Bonchev–Trinajstić information content (AvgIpc) is 3.42. The lowest BCUT2D eigenvalue weighted by Gasteiger charge is -2.31. The third-order valence-corrected chi connectivity index (χ3v) is 5.32. The molecule has 4 aromatic rings. The average molecular weight is 397 g/mol. The molecule has 3 heterocycles. The van der Waals surface area contributed by atoms with Crippen LogP contribution in [0.4, 0.5) is 11.4 Å². The van der Waals surface area contributed by atoms with Crippen molar-refractivity contribution in [3.63, 3.8) is 0 Å². The minimum atomic E-state index is -0.244. The van der Waals surface area contributed by atoms with Gasteiger partial charge >= 0.3 is 0 Å². The van der Waals surface area contributed by atoms with Crippen LogP contribution in [-0.4, -0.2) is 16.4 Å². The highest BCUT2D eigenvalue weighted by atomic mass is 16.3. The molecule has 1 aliphatic heterocycles. The summed E-state index contributed by atoms with van der Waals surface area (Å²) < 4.78 is 7.28. The molecule has 1 aliphatic rings. The van der Waals surface area contributed by atoms with Crippen molar-refractivity contribution in [2.75, 3.05) is 10.2 Å². The number of hydrogen-bond acceptors (Lipinski definition) is 3. The van der Waals surface area contributed by atoms with Crippen LogP contribution in [0.5, 0.6) is 0 Å². The number of nitrogens with zero attached hydrogens (tertiary/aromatic N) is 2. The van der Waals surface area contributed by atoms with Crippen LogP contribution < -0.4 is 10.2 Å². The lowest BCUT2D eigenvalue weighted by atomic mass is 10.1. The first kappa shape index (κ1) is 18.0. The van der Waals surface area contributed by atoms with Gasteiger partial charge in [-0.3, -0.25) is 9.59 Å². The maximum atomic E-state index is 13.3. The van der Waals surface area contributed by atoms with E-state index in [9.17, 15) is 9.59 Å². The fourth-order valence-corrected chi connectivity index (χ4v) is 3.78. The molecule has 0 spiro atoms. The fraction of sp³-hybridized carbons (Fsp3) is 0.0833. The molecule has 6 heteroatoms. The minimum Gasteiger partial charge on any atom is -0.469 e. The Hall–Kier alpha value is -4.06. The van der Waals surface area contributed by atoms with Gasteiger partial charge in [0.1, 0.15) is 5.76 Å². The van der Waals surface area contributed by atoms with E-state index in [1.54, 1.807) is 42.2 Å². The third-order valence-electron chi connectivity index (χ3n) is 5.32. The zero-order valence-corrected chi connectivity index (χ0v) is 16.3. The first-order valence-corrected chi connectivity index (χ1v) is 9.65. The molecule has 2 aromatic heterocycles. The number of benzene rings is 2. The Morgan fingerprint density at radius 3 is 2.43 bits per heavy atom. The van der Waals surface area contributed by atoms with Crippen molar-refractivity contribution in [2.45, 2.75) is 13.5 Å². The number of hydrogen-bond donors (Lipinski definition) is 1. The van der Waals surface area contributed by atoms with Crippen LogP contribution in [0.1, 0.15) is 32.2 Å². The molecular formula is C24H19N3O3. The van der Waals surface area contributed by atoms with Crippen LogP contribution in [-0.2, 0) is 6.54 Å². The lowest BCUT2D eigenvalue weighted by molar-refractivity contribution is 0.0982. The zero-order chi connectivity index (χ0) is 20.7. The van der Waals surface area contributed by atoms with Gasteiger partial charge in [-0.1, -0.05) is 12.1 Å². The molecule has 0 aliphatic carbocycles. The van der Waals surface area contributed by atoms with Crippen molar-refractivity contribution in [3.8, 4) is 5.69 Å². The van der Waals surface area contributed by atoms with Crippen molar-refractivity contribution >= 4 is 23.2 Å². The second-order valence-corrected chi connectivity index (χ2v) is 7.17. The van der Waals surface area contributed by atoms with Crippen molar-refractivity contribution in [2.24, 2.45) is 0 Å². The quantitative estimate of drug-likeness (QED) is 0.540. The van der Waals surface area contributed by atoms with E-state index >= 15 is 0 Å². The summed E-state index contributed by atoms with van der Waals surface area (Å²) in [5.41, 5.74) is 4.58. The maximum Gasteiger partial charge on any atom is 0.259 e. The highest BCUT2D eigenvalue weighted by Crippen LogP contribution is 2.33. The minimum absolute atomic E-state index is 0.0848. The number of para-hydroxylation sites is 2. The topological polar surface area (TPSA) is 67.5 Å². The number of carbonyl (C=O) groups is 2. The van der Waals surface area contributed by atoms with Gasteiger partial charge in [0, 0.05) is 23.1 Å². The number of fused-ring (bicyclic) bond motifs is 3. The van der Waals surface area contributed by atoms with E-state index in [-0.39, 0.29) is 11.8 Å². The Morgan fingerprint density at radius 1 is 0.933 bits per heavy atom. The SMILES string of the molecule is Cc1occc1C(=O)Nc1ccc(C(=O)N2Cc3cccn3-c3ccccc32)cc1. The molecule has 0 saturated heterocycles. The predicted octanol–water partition coefficient (Wildman–Crippen LogP) is 4.79. The summed E-state index contributed by atoms with van der Waals surface area (Å²) >= 11 is 0. The van der Waals surface area contributed by atoms with Gasteiger partial charge in [-0.2, -0.15) is 0 Å². The smallest absolute Gasteiger partial charge is 0.259 e. The van der Waals surface area contributed by atoms with Gasteiger partial charge in [-0.25, -0.2) is 0 Å². The van der Waals surface area contributed by atoms with Crippen molar-refractivity contribution < 1.29 is 14.0 Å². The summed E-state index contributed by atoms with van der Waals surface area (Å²) in [5.74, 6) is 0.234. The first-order chi connectivity index (χ1) is 14.6. The molecule has 0 fully saturated rings. The molecule has 1 N–H and O–H groups in total. The van der Waals surface area contributed by atoms with E-state index in [0.717, 1.165) is 17.1 Å². The van der Waals surface area contributed by atoms with Crippen LogP contribution in [0.25, 0.3) is 5.69 Å². The number of rotatable bonds is 3. The molecule has 0 radical (unpaired) electrons. The van der Waals surface area contributed by atoms with E-state index in [1.165, 1.54) is 6.26 Å². The summed E-state index contributed by atoms with van der Waals surface area (Å²) in [5, 5.41) is 2.83. The van der Waals surface area contributed by atoms with Gasteiger partial charge in [0.25, 0.3) is 11.8 Å². The molecule has 0 atom stereocenters. The Balaban J connectivity index is 1.38. The van der Waals surface area contributed by atoms with Gasteiger partial charge in [0.05, 0.1) is 29.7 Å². The van der Waals surface area contributed by atoms with Crippen molar-refractivity contribution in [3.05, 3.63) is 102 Å². The normalized spacial score (nSPS) is 12.2. The Kier molecular flexibility index (Phi) is 4.25. The first-order valence-electron chi connectivity index (χ1n) is 9.65. The number of nitrogens with one attached hydrogen (secondary N) is 1. The van der Waals surface area contributed by atoms with Crippen LogP contribution >= 0.6 is 0 Å². The number of aromatic nitrogens is 1. The molecule has 2 aromatic carbocycles. The van der Waals surface area contributed by atoms with Gasteiger partial charge < -0.3 is 19.2 Å². The third kappa shape index (κ3) is 2.99. The standard InChI is InChI=1S/C24H19N3O3/c1-16-20(12-14-30-16)23(28)25-18-10-8-17(9-11-18)24(29)27-15-19-5-4-13-26(19)21-6-2-3-7-22(21)27/h2-14H,15H2,1H3,(H,25,28). The van der Waals surface area contributed by atoms with E-state index in [1.807, 2.05) is 42.6 Å². The molecule has 6 nitrogen and oxygen atoms in total. The number of amides is 2. The molecule has 0 saturated carbocycles. The van der Waals surface area contributed by atoms with E-state index in [0.29, 0.717) is 29.1 Å². The van der Waals surface area contributed by atoms with Crippen LogP contribution in [0.2, 0.25) is 0 Å². The number of aryl methyl sites for hydroxylation is 1. The van der Waals surface area contributed by atoms with Crippen molar-refractivity contribution in [1.29, 1.82) is 0 Å². The van der Waals surface area contributed by atoms with Gasteiger partial charge in [0.15, 0.2) is 0 Å². The summed E-state index contributed by atoms with van der Waals surface area (Å²) in [6, 6.07) is 20.4. The van der Waals surface area contributed by atoms with Gasteiger partial charge in [0.2, 0.25) is 0 Å². The molecule has 0 bridgehead atoms. The Bertz CT molecular complexity index is 1250. The maximum absolute atomic E-state index is 13.3. The monoisotopic (exact) mass is 397 g/mol. The number of furan rings is 1. The van der Waals surface area contributed by atoms with Gasteiger partial charge in [-0.05, 0) is 61.5 Å². The van der Waals surface area contributed by atoms with Crippen LogP contribution in [0, 0.1) is 6.92 Å². The second-order valence-electron chi connectivity index (χ2n) is 7.17. The van der Waals surface area contributed by atoms with E-state index in [2.05, 4.69) is 9.88 Å². The van der Waals surface area contributed by atoms with Crippen molar-refractivity contribution in [1.82, 2.24) is 4.57 Å². The largest absolute Gasteiger partial charge is 0.469 e. The highest BCUT2D eigenvalue weighted by molar-refractivity contribution is 6.08. The predicted molar refractivity (Wildman–Crippen MR) is 114 cm³/mol. The molecule has 0 unspecified atom stereocenters. The summed E-state index contributed by atoms with van der Waals surface area (Å²) in [4.78, 5) is 27.4. The second kappa shape index (κ2) is 7.08. The molecule has 30 heavy (non-hydrogen) atoms. The lowest BCUT2D eigenvalue weighted by Crippen LogP contribution is -2.34. The molecule has 148 valence electrons. The van der Waals surface area contributed by atoms with Crippen LogP contribution in [0.3, 0.4) is 0 Å². The molecule has 2 amide bonds. The fourth-order valence-electron chi connectivity index (χ4n) is 3.78. The molecular weight excluding hydrogens is 378 g/mol. The Labute approximate surface area is 173 Å². The highest BCUT2D eigenvalue weighted by Gasteiger charge is 2.26. The number of carbonyl (C=O) groups excluding carboxylic acids is 2. The van der Waals surface area contributed by atoms with E-state index in [4.69, 9.17) is 4.42 Å². The Morgan fingerprint density at radius 2 is 1.70 bits per heavy atom. The molecule has 5 rings (SSSR count).